The minimum Gasteiger partial charge on any atom is -0.248 e. The number of thioether (sulfide) groups is 1. The van der Waals surface area contributed by atoms with E-state index >= 15 is 0 Å². The predicted octanol–water partition coefficient (Wildman–Crippen LogP) is 2.77. The number of hydrogen-bond donors (Lipinski definition) is 0. The molecule has 50 valence electrons. The normalized spacial score (nSPS) is 10.0. The fraction of sp³-hybridized carbons (Fsp3) is 0.400. The maximum Gasteiger partial charge on any atom is 0.104 e. The van der Waals surface area contributed by atoms with Crippen LogP contribution in [0.5, 0.6) is 0 Å². The highest BCUT2D eigenvalue weighted by atomic mass is 79.9. The Kier molecular flexibility index (Phi) is 3.01. The van der Waals surface area contributed by atoms with Gasteiger partial charge in [-0.05, 0) is 22.2 Å². The molecule has 0 fully saturated rings. The Labute approximate surface area is 71.0 Å². The van der Waals surface area contributed by atoms with E-state index in [9.17, 15) is 0 Å². The van der Waals surface area contributed by atoms with Crippen LogP contribution in [0, 0.1) is 0 Å². The van der Waals surface area contributed by atoms with Crippen LogP contribution in [0.25, 0.3) is 0 Å². The van der Waals surface area contributed by atoms with E-state index < -0.39 is 0 Å². The van der Waals surface area contributed by atoms with Crippen molar-refractivity contribution >= 4 is 39.0 Å². The van der Waals surface area contributed by atoms with Gasteiger partial charge in [0.2, 0.25) is 0 Å². The van der Waals surface area contributed by atoms with Crippen LogP contribution in [-0.2, 0) is 5.75 Å². The number of nitrogens with zero attached hydrogens (tertiary/aromatic N) is 1. The van der Waals surface area contributed by atoms with Crippen molar-refractivity contribution in [2.45, 2.75) is 5.75 Å². The molecule has 0 aromatic carbocycles. The molecule has 0 aliphatic heterocycles. The van der Waals surface area contributed by atoms with Gasteiger partial charge in [0.1, 0.15) is 5.01 Å². The topological polar surface area (TPSA) is 12.9 Å². The van der Waals surface area contributed by atoms with Crippen molar-refractivity contribution in [3.63, 3.8) is 0 Å². The third-order valence-electron chi connectivity index (χ3n) is 0.793. The number of aromatic nitrogens is 1. The highest BCUT2D eigenvalue weighted by Gasteiger charge is 1.95. The minimum atomic E-state index is 1.02. The molecule has 0 saturated carbocycles. The maximum atomic E-state index is 4.16. The van der Waals surface area contributed by atoms with Gasteiger partial charge in [-0.3, -0.25) is 0 Å². The predicted molar refractivity (Wildman–Crippen MR) is 47.0 cm³/mol. The van der Waals surface area contributed by atoms with Crippen molar-refractivity contribution in [3.8, 4) is 0 Å². The summed E-state index contributed by atoms with van der Waals surface area (Å²) in [6, 6.07) is 0. The molecule has 4 heteroatoms. The maximum absolute atomic E-state index is 4.16. The van der Waals surface area contributed by atoms with E-state index in [0.29, 0.717) is 0 Å². The van der Waals surface area contributed by atoms with Crippen molar-refractivity contribution < 1.29 is 0 Å². The zero-order valence-corrected chi connectivity index (χ0v) is 8.15. The first-order valence-corrected chi connectivity index (χ1v) is 5.42. The summed E-state index contributed by atoms with van der Waals surface area (Å²) in [6.07, 6.45) is 3.92. The molecule has 0 saturated heterocycles. The molecule has 0 aliphatic rings. The lowest BCUT2D eigenvalue weighted by Gasteiger charge is -1.84. The van der Waals surface area contributed by atoms with Crippen molar-refractivity contribution in [2.75, 3.05) is 6.26 Å². The van der Waals surface area contributed by atoms with Crippen LogP contribution in [-0.4, -0.2) is 11.2 Å². The second kappa shape index (κ2) is 3.58. The van der Waals surface area contributed by atoms with Crippen LogP contribution in [0.3, 0.4) is 0 Å². The highest BCUT2D eigenvalue weighted by Crippen LogP contribution is 2.21. The standard InChI is InChI=1S/C5H6BrNS2/c1-8-3-5-7-2-4(6)9-5/h2H,3H2,1H3. The first-order valence-electron chi connectivity index (χ1n) is 2.42. The van der Waals surface area contributed by atoms with Gasteiger partial charge in [0, 0.05) is 5.75 Å². The van der Waals surface area contributed by atoms with Crippen LogP contribution >= 0.6 is 39.0 Å². The Bertz CT molecular complexity index is 187. The van der Waals surface area contributed by atoms with Crippen molar-refractivity contribution in [1.82, 2.24) is 4.98 Å². The molecule has 0 radical (unpaired) electrons. The van der Waals surface area contributed by atoms with E-state index in [1.54, 1.807) is 23.1 Å². The Morgan fingerprint density at radius 2 is 2.67 bits per heavy atom. The van der Waals surface area contributed by atoms with E-state index in [1.165, 1.54) is 5.01 Å². The molecule has 0 aliphatic carbocycles. The molecule has 9 heavy (non-hydrogen) atoms. The van der Waals surface area contributed by atoms with E-state index in [2.05, 4.69) is 27.2 Å². The summed E-state index contributed by atoms with van der Waals surface area (Å²) in [5, 5.41) is 1.19. The molecule has 0 amide bonds. The quantitative estimate of drug-likeness (QED) is 0.766. The van der Waals surface area contributed by atoms with Crippen molar-refractivity contribution in [1.29, 1.82) is 0 Å². The summed E-state index contributed by atoms with van der Waals surface area (Å²) in [4.78, 5) is 4.16. The molecule has 1 aromatic rings. The number of rotatable bonds is 2. The third-order valence-corrected chi connectivity index (χ3v) is 3.01. The third kappa shape index (κ3) is 2.27. The Hall–Kier alpha value is 0.460. The molecule has 0 unspecified atom stereocenters. The minimum absolute atomic E-state index is 1.02. The zero-order valence-electron chi connectivity index (χ0n) is 4.93. The molecular formula is C5H6BrNS2. The van der Waals surface area contributed by atoms with Crippen LogP contribution < -0.4 is 0 Å². The Balaban J connectivity index is 2.61. The summed E-state index contributed by atoms with van der Waals surface area (Å²) < 4.78 is 1.12. The lowest BCUT2D eigenvalue weighted by atomic mass is 10.8. The molecule has 0 N–H and O–H groups in total. The summed E-state index contributed by atoms with van der Waals surface area (Å²) in [6.45, 7) is 0. The molecule has 0 atom stereocenters. The monoisotopic (exact) mass is 223 g/mol. The first-order chi connectivity index (χ1) is 4.33. The largest absolute Gasteiger partial charge is 0.248 e. The van der Waals surface area contributed by atoms with Gasteiger partial charge in [0.25, 0.3) is 0 Å². The van der Waals surface area contributed by atoms with E-state index in [1.807, 2.05) is 6.20 Å². The van der Waals surface area contributed by atoms with Gasteiger partial charge in [0.15, 0.2) is 0 Å². The van der Waals surface area contributed by atoms with Gasteiger partial charge in [0.05, 0.1) is 9.98 Å². The number of thiazole rings is 1. The van der Waals surface area contributed by atoms with Crippen LogP contribution in [0.1, 0.15) is 5.01 Å². The highest BCUT2D eigenvalue weighted by molar-refractivity contribution is 9.11. The summed E-state index contributed by atoms with van der Waals surface area (Å²) in [5.74, 6) is 1.02. The number of hydrogen-bond acceptors (Lipinski definition) is 3. The van der Waals surface area contributed by atoms with Crippen molar-refractivity contribution in [2.24, 2.45) is 0 Å². The fourth-order valence-electron chi connectivity index (χ4n) is 0.478. The van der Waals surface area contributed by atoms with E-state index in [4.69, 9.17) is 0 Å². The smallest absolute Gasteiger partial charge is 0.104 e. The summed E-state index contributed by atoms with van der Waals surface area (Å²) in [7, 11) is 0. The molecule has 1 rings (SSSR count). The first kappa shape index (κ1) is 7.57. The van der Waals surface area contributed by atoms with E-state index in [-0.39, 0.29) is 0 Å². The SMILES string of the molecule is CSCc1ncc(Br)s1. The van der Waals surface area contributed by atoms with E-state index in [0.717, 1.165) is 9.54 Å². The van der Waals surface area contributed by atoms with Gasteiger partial charge in [-0.1, -0.05) is 0 Å². The second-order valence-corrected chi connectivity index (χ2v) is 4.85. The Morgan fingerprint density at radius 1 is 1.89 bits per heavy atom. The average molecular weight is 224 g/mol. The zero-order chi connectivity index (χ0) is 6.69. The molecule has 0 spiro atoms. The summed E-state index contributed by atoms with van der Waals surface area (Å²) in [5.41, 5.74) is 0. The van der Waals surface area contributed by atoms with Gasteiger partial charge >= 0.3 is 0 Å². The van der Waals surface area contributed by atoms with Crippen LogP contribution in [0.15, 0.2) is 9.98 Å². The second-order valence-electron chi connectivity index (χ2n) is 1.49. The van der Waals surface area contributed by atoms with Crippen LogP contribution in [0.4, 0.5) is 0 Å². The van der Waals surface area contributed by atoms with Gasteiger partial charge < -0.3 is 0 Å². The lowest BCUT2D eigenvalue weighted by Crippen LogP contribution is -1.72. The molecule has 1 aromatic heterocycles. The molecule has 0 bridgehead atoms. The van der Waals surface area contributed by atoms with Gasteiger partial charge in [-0.15, -0.1) is 11.3 Å². The van der Waals surface area contributed by atoms with Gasteiger partial charge in [-0.25, -0.2) is 4.98 Å². The fourth-order valence-corrected chi connectivity index (χ4v) is 2.49. The van der Waals surface area contributed by atoms with Gasteiger partial charge in [-0.2, -0.15) is 11.8 Å². The molecule has 1 nitrogen and oxygen atoms in total. The average Bonchev–Trinajstić information content (AvgIpc) is 2.17. The molecular weight excluding hydrogens is 218 g/mol. The number of halogens is 1. The summed E-state index contributed by atoms with van der Waals surface area (Å²) >= 11 is 6.84. The van der Waals surface area contributed by atoms with Crippen molar-refractivity contribution in [3.05, 3.63) is 15.0 Å². The Morgan fingerprint density at radius 3 is 3.11 bits per heavy atom. The van der Waals surface area contributed by atoms with Crippen LogP contribution in [0.2, 0.25) is 0 Å². The lowest BCUT2D eigenvalue weighted by molar-refractivity contribution is 1.27. The molecule has 1 heterocycles.